The Bertz CT molecular complexity index is 331. The molecule has 2 saturated carbocycles. The molecule has 0 radical (unpaired) electrons. The van der Waals surface area contributed by atoms with Crippen molar-refractivity contribution in [3.63, 3.8) is 0 Å². The van der Waals surface area contributed by atoms with Gasteiger partial charge in [0.05, 0.1) is 12.0 Å². The van der Waals surface area contributed by atoms with E-state index in [4.69, 9.17) is 5.11 Å². The van der Waals surface area contributed by atoms with Crippen molar-refractivity contribution in [2.75, 3.05) is 0 Å². The average molecular weight is 240 g/mol. The Labute approximate surface area is 101 Å². The van der Waals surface area contributed by atoms with Gasteiger partial charge in [0.2, 0.25) is 0 Å². The predicted octanol–water partition coefficient (Wildman–Crippen LogP) is 1.63. The molecule has 0 heterocycles. The molecule has 0 aromatic carbocycles. The Kier molecular flexibility index (Phi) is 3.02. The average Bonchev–Trinajstić information content (AvgIpc) is 2.73. The third-order valence-electron chi connectivity index (χ3n) is 3.84. The summed E-state index contributed by atoms with van der Waals surface area (Å²) in [7, 11) is 0. The maximum absolute atomic E-state index is 11.8. The molecule has 5 heteroatoms. The van der Waals surface area contributed by atoms with Crippen molar-refractivity contribution >= 4 is 12.0 Å². The lowest BCUT2D eigenvalue weighted by Gasteiger charge is -2.29. The fourth-order valence-electron chi connectivity index (χ4n) is 2.55. The van der Waals surface area contributed by atoms with Gasteiger partial charge in [-0.3, -0.25) is 4.79 Å². The van der Waals surface area contributed by atoms with Crippen LogP contribution in [-0.2, 0) is 4.79 Å². The lowest BCUT2D eigenvalue weighted by Crippen LogP contribution is -2.53. The number of amides is 2. The van der Waals surface area contributed by atoms with E-state index >= 15 is 0 Å². The molecule has 5 nitrogen and oxygen atoms in total. The van der Waals surface area contributed by atoms with E-state index in [2.05, 4.69) is 10.6 Å². The zero-order valence-electron chi connectivity index (χ0n) is 10.2. The van der Waals surface area contributed by atoms with Crippen LogP contribution in [0.5, 0.6) is 0 Å². The Morgan fingerprint density at radius 3 is 2.18 bits per heavy atom. The van der Waals surface area contributed by atoms with E-state index in [1.54, 1.807) is 0 Å². The van der Waals surface area contributed by atoms with E-state index in [-0.39, 0.29) is 18.0 Å². The van der Waals surface area contributed by atoms with Crippen LogP contribution in [0, 0.1) is 0 Å². The molecule has 2 aliphatic rings. The van der Waals surface area contributed by atoms with Crippen molar-refractivity contribution in [3.8, 4) is 0 Å². The summed E-state index contributed by atoms with van der Waals surface area (Å²) in [6, 6.07) is -0.215. The smallest absolute Gasteiger partial charge is 0.315 e. The predicted molar refractivity (Wildman–Crippen MR) is 62.8 cm³/mol. The van der Waals surface area contributed by atoms with Crippen molar-refractivity contribution in [1.82, 2.24) is 10.6 Å². The number of hydrogen-bond donors (Lipinski definition) is 3. The number of nitrogens with one attached hydrogen (secondary N) is 2. The summed E-state index contributed by atoms with van der Waals surface area (Å²) in [4.78, 5) is 22.7. The normalized spacial score (nSPS) is 24.1. The third kappa shape index (κ3) is 3.11. The van der Waals surface area contributed by atoms with Gasteiger partial charge < -0.3 is 15.7 Å². The van der Waals surface area contributed by atoms with Crippen LogP contribution in [0.4, 0.5) is 4.79 Å². The molecule has 0 bridgehead atoms. The number of carboxylic acids is 1. The highest BCUT2D eigenvalue weighted by Crippen LogP contribution is 2.35. The first kappa shape index (κ1) is 12.2. The largest absolute Gasteiger partial charge is 0.481 e. The van der Waals surface area contributed by atoms with Crippen LogP contribution in [-0.4, -0.2) is 28.2 Å². The number of hydrogen-bond acceptors (Lipinski definition) is 2. The second kappa shape index (κ2) is 4.20. The first-order chi connectivity index (χ1) is 7.93. The Morgan fingerprint density at radius 2 is 1.71 bits per heavy atom. The van der Waals surface area contributed by atoms with E-state index in [1.165, 1.54) is 0 Å². The molecule has 3 N–H and O–H groups in total. The maximum Gasteiger partial charge on any atom is 0.315 e. The quantitative estimate of drug-likeness (QED) is 0.698. The van der Waals surface area contributed by atoms with Gasteiger partial charge >= 0.3 is 12.0 Å². The van der Waals surface area contributed by atoms with Gasteiger partial charge in [-0.2, -0.15) is 0 Å². The standard InChI is InChI=1S/C12H20N2O3/c1-11(6-7-11)13-10(17)14-12(8-9(15)16)4-2-3-5-12/h2-8H2,1H3,(H,15,16)(H2,13,14,17). The molecule has 2 amide bonds. The Balaban J connectivity index is 1.92. The number of carbonyl (C=O) groups is 2. The molecular weight excluding hydrogens is 220 g/mol. The monoisotopic (exact) mass is 240 g/mol. The highest BCUT2D eigenvalue weighted by atomic mass is 16.4. The van der Waals surface area contributed by atoms with E-state index in [1.807, 2.05) is 6.92 Å². The van der Waals surface area contributed by atoms with Crippen LogP contribution in [0.3, 0.4) is 0 Å². The molecule has 0 aromatic rings. The van der Waals surface area contributed by atoms with Crippen molar-refractivity contribution in [2.24, 2.45) is 0 Å². The van der Waals surface area contributed by atoms with Crippen molar-refractivity contribution in [2.45, 2.75) is 62.9 Å². The number of carboxylic acid groups (broad SMARTS) is 1. The molecule has 17 heavy (non-hydrogen) atoms. The first-order valence-corrected chi connectivity index (χ1v) is 6.25. The number of urea groups is 1. The van der Waals surface area contributed by atoms with Crippen LogP contribution < -0.4 is 10.6 Å². The fourth-order valence-corrected chi connectivity index (χ4v) is 2.55. The lowest BCUT2D eigenvalue weighted by atomic mass is 9.93. The second-order valence-corrected chi connectivity index (χ2v) is 5.70. The van der Waals surface area contributed by atoms with E-state index in [9.17, 15) is 9.59 Å². The molecule has 2 aliphatic carbocycles. The molecule has 0 atom stereocenters. The van der Waals surface area contributed by atoms with Gasteiger partial charge in [0.25, 0.3) is 0 Å². The molecule has 0 aliphatic heterocycles. The minimum absolute atomic E-state index is 0.0249. The minimum atomic E-state index is -0.843. The van der Waals surface area contributed by atoms with Crippen LogP contribution in [0.2, 0.25) is 0 Å². The van der Waals surface area contributed by atoms with Gasteiger partial charge in [-0.1, -0.05) is 12.8 Å². The Hall–Kier alpha value is -1.26. The van der Waals surface area contributed by atoms with Gasteiger partial charge in [0, 0.05) is 5.54 Å². The van der Waals surface area contributed by atoms with Crippen LogP contribution in [0.15, 0.2) is 0 Å². The molecule has 2 fully saturated rings. The summed E-state index contributed by atoms with van der Waals surface area (Å²) < 4.78 is 0. The molecule has 96 valence electrons. The first-order valence-electron chi connectivity index (χ1n) is 6.25. The van der Waals surface area contributed by atoms with Gasteiger partial charge in [-0.25, -0.2) is 4.79 Å². The summed E-state index contributed by atoms with van der Waals surface area (Å²) in [5.74, 6) is -0.843. The van der Waals surface area contributed by atoms with Gasteiger partial charge in [-0.15, -0.1) is 0 Å². The topological polar surface area (TPSA) is 78.4 Å². The van der Waals surface area contributed by atoms with Crippen LogP contribution in [0.1, 0.15) is 51.9 Å². The second-order valence-electron chi connectivity index (χ2n) is 5.70. The lowest BCUT2D eigenvalue weighted by molar-refractivity contribution is -0.138. The molecule has 0 spiro atoms. The summed E-state index contributed by atoms with van der Waals surface area (Å²) in [5.41, 5.74) is -0.589. The Morgan fingerprint density at radius 1 is 1.12 bits per heavy atom. The highest BCUT2D eigenvalue weighted by Gasteiger charge is 2.42. The third-order valence-corrected chi connectivity index (χ3v) is 3.84. The van der Waals surface area contributed by atoms with Crippen molar-refractivity contribution in [3.05, 3.63) is 0 Å². The highest BCUT2D eigenvalue weighted by molar-refractivity contribution is 5.77. The molecule has 0 unspecified atom stereocenters. The summed E-state index contributed by atoms with van der Waals surface area (Å²) in [6.07, 6.45) is 5.55. The molecular formula is C12H20N2O3. The SMILES string of the molecule is CC1(NC(=O)NC2(CC(=O)O)CCCC2)CC1. The van der Waals surface area contributed by atoms with Crippen molar-refractivity contribution < 1.29 is 14.7 Å². The number of carbonyl (C=O) groups excluding carboxylic acids is 1. The van der Waals surface area contributed by atoms with Gasteiger partial charge in [0.1, 0.15) is 0 Å². The number of aliphatic carboxylic acids is 1. The summed E-state index contributed by atoms with van der Waals surface area (Å²) in [5, 5.41) is 14.7. The van der Waals surface area contributed by atoms with Crippen LogP contribution in [0.25, 0.3) is 0 Å². The van der Waals surface area contributed by atoms with Gasteiger partial charge in [-0.05, 0) is 32.6 Å². The fraction of sp³-hybridized carbons (Fsp3) is 0.833. The molecule has 0 aromatic heterocycles. The van der Waals surface area contributed by atoms with E-state index in [0.717, 1.165) is 38.5 Å². The molecule has 2 rings (SSSR count). The summed E-state index contributed by atoms with van der Waals surface area (Å²) >= 11 is 0. The molecule has 0 saturated heterocycles. The maximum atomic E-state index is 11.8. The zero-order chi connectivity index (χ0) is 12.5. The van der Waals surface area contributed by atoms with Crippen molar-refractivity contribution in [1.29, 1.82) is 0 Å². The van der Waals surface area contributed by atoms with Crippen LogP contribution >= 0.6 is 0 Å². The number of rotatable bonds is 4. The minimum Gasteiger partial charge on any atom is -0.481 e. The van der Waals surface area contributed by atoms with E-state index in [0.29, 0.717) is 0 Å². The van der Waals surface area contributed by atoms with E-state index < -0.39 is 11.5 Å². The van der Waals surface area contributed by atoms with Gasteiger partial charge in [0.15, 0.2) is 0 Å². The summed E-state index contributed by atoms with van der Waals surface area (Å²) in [6.45, 7) is 2.01. The zero-order valence-corrected chi connectivity index (χ0v) is 10.2.